The number of rotatable bonds is 3. The van der Waals surface area contributed by atoms with Crippen molar-refractivity contribution in [3.05, 3.63) is 29.8 Å². The van der Waals surface area contributed by atoms with Crippen molar-refractivity contribution in [3.8, 4) is 0 Å². The van der Waals surface area contributed by atoms with Gasteiger partial charge in [-0.1, -0.05) is 19.1 Å². The van der Waals surface area contributed by atoms with Crippen LogP contribution in [-0.2, 0) is 0 Å². The Balaban J connectivity index is 2.33. The lowest BCUT2D eigenvalue weighted by atomic mass is 9.96. The third-order valence-electron chi connectivity index (χ3n) is 4.30. The molecule has 1 aromatic carbocycles. The zero-order chi connectivity index (χ0) is 15.1. The highest BCUT2D eigenvalue weighted by Gasteiger charge is 2.61. The summed E-state index contributed by atoms with van der Waals surface area (Å²) in [4.78, 5) is 13.4. The summed E-state index contributed by atoms with van der Waals surface area (Å²) in [6.45, 7) is 7.93. The summed E-state index contributed by atoms with van der Waals surface area (Å²) in [5.41, 5.74) is 6.96. The number of hydrogen-bond acceptors (Lipinski definition) is 2. The number of anilines is 1. The van der Waals surface area contributed by atoms with Gasteiger partial charge in [0.15, 0.2) is 0 Å². The predicted octanol–water partition coefficient (Wildman–Crippen LogP) is 3.68. The second kappa shape index (κ2) is 4.69. The molecule has 20 heavy (non-hydrogen) atoms. The van der Waals surface area contributed by atoms with Crippen LogP contribution in [0.15, 0.2) is 24.3 Å². The summed E-state index contributed by atoms with van der Waals surface area (Å²) in [6.07, 6.45) is 0.875. The molecule has 0 bridgehead atoms. The highest BCUT2D eigenvalue weighted by Crippen LogP contribution is 2.59. The van der Waals surface area contributed by atoms with Gasteiger partial charge in [0.25, 0.3) is 0 Å². The van der Waals surface area contributed by atoms with E-state index in [1.54, 1.807) is 4.90 Å². The van der Waals surface area contributed by atoms with Crippen molar-refractivity contribution in [2.24, 2.45) is 0 Å². The summed E-state index contributed by atoms with van der Waals surface area (Å²) >= 11 is 0. The fraction of sp³-hybridized carbons (Fsp3) is 0.562. The molecular weight excluding hydrogens is 252 g/mol. The zero-order valence-electron chi connectivity index (χ0n) is 12.7. The standard InChI is InChI=1S/C16H24N2O2/c1-5-16(18(14(19)20)15(2,3)4)10-13(16)11-6-8-12(17)9-7-11/h6-9,13H,5,10,17H2,1-4H3,(H,19,20). The van der Waals surface area contributed by atoms with E-state index in [0.717, 1.165) is 18.5 Å². The first-order valence-electron chi connectivity index (χ1n) is 7.11. The highest BCUT2D eigenvalue weighted by molar-refractivity contribution is 5.69. The van der Waals surface area contributed by atoms with Crippen LogP contribution in [0, 0.1) is 0 Å². The molecule has 0 heterocycles. The summed E-state index contributed by atoms with van der Waals surface area (Å²) in [6, 6.07) is 7.80. The quantitative estimate of drug-likeness (QED) is 0.827. The number of nitrogen functional groups attached to an aromatic ring is 1. The van der Waals surface area contributed by atoms with E-state index in [0.29, 0.717) is 0 Å². The van der Waals surface area contributed by atoms with Gasteiger partial charge in [-0.2, -0.15) is 0 Å². The number of hydrogen-bond donors (Lipinski definition) is 2. The molecule has 0 aromatic heterocycles. The molecule has 0 saturated heterocycles. The Bertz CT molecular complexity index is 504. The van der Waals surface area contributed by atoms with Crippen LogP contribution >= 0.6 is 0 Å². The van der Waals surface area contributed by atoms with Gasteiger partial charge in [-0.15, -0.1) is 0 Å². The van der Waals surface area contributed by atoms with Gasteiger partial charge in [-0.05, 0) is 51.3 Å². The maximum Gasteiger partial charge on any atom is 0.408 e. The third-order valence-corrected chi connectivity index (χ3v) is 4.30. The van der Waals surface area contributed by atoms with E-state index in [2.05, 4.69) is 6.92 Å². The first-order valence-corrected chi connectivity index (χ1v) is 7.11. The molecule has 1 saturated carbocycles. The number of nitrogens with two attached hydrogens (primary N) is 1. The molecular formula is C16H24N2O2. The van der Waals surface area contributed by atoms with Crippen molar-refractivity contribution in [2.45, 2.75) is 57.5 Å². The van der Waals surface area contributed by atoms with Gasteiger partial charge >= 0.3 is 6.09 Å². The van der Waals surface area contributed by atoms with Gasteiger partial charge in [0.05, 0.1) is 5.54 Å². The molecule has 1 amide bonds. The van der Waals surface area contributed by atoms with E-state index >= 15 is 0 Å². The van der Waals surface area contributed by atoms with E-state index in [4.69, 9.17) is 5.73 Å². The molecule has 4 nitrogen and oxygen atoms in total. The molecule has 0 spiro atoms. The van der Waals surface area contributed by atoms with Crippen LogP contribution in [0.4, 0.5) is 10.5 Å². The fourth-order valence-electron chi connectivity index (χ4n) is 3.39. The minimum absolute atomic E-state index is 0.267. The third kappa shape index (κ3) is 2.35. The Labute approximate surface area is 120 Å². The van der Waals surface area contributed by atoms with Crippen molar-refractivity contribution in [1.82, 2.24) is 4.90 Å². The maximum atomic E-state index is 11.7. The molecule has 1 aliphatic carbocycles. The van der Waals surface area contributed by atoms with Gasteiger partial charge in [0, 0.05) is 17.1 Å². The number of carbonyl (C=O) groups is 1. The molecule has 1 aliphatic rings. The van der Waals surface area contributed by atoms with E-state index in [-0.39, 0.29) is 11.5 Å². The molecule has 1 fully saturated rings. The smallest absolute Gasteiger partial charge is 0.408 e. The molecule has 0 radical (unpaired) electrons. The SMILES string of the molecule is CCC1(N(C(=O)O)C(C)(C)C)CC1c1ccc(N)cc1. The Morgan fingerprint density at radius 3 is 2.35 bits per heavy atom. The molecule has 2 unspecified atom stereocenters. The average Bonchev–Trinajstić information content (AvgIpc) is 3.03. The van der Waals surface area contributed by atoms with Crippen LogP contribution in [-0.4, -0.2) is 27.2 Å². The minimum Gasteiger partial charge on any atom is -0.465 e. The van der Waals surface area contributed by atoms with Gasteiger partial charge < -0.3 is 10.8 Å². The summed E-state index contributed by atoms with van der Waals surface area (Å²) < 4.78 is 0. The van der Waals surface area contributed by atoms with Gasteiger partial charge in [-0.3, -0.25) is 4.90 Å². The monoisotopic (exact) mass is 276 g/mol. The molecule has 1 aromatic rings. The predicted molar refractivity (Wildman–Crippen MR) is 80.9 cm³/mol. The first kappa shape index (κ1) is 14.7. The van der Waals surface area contributed by atoms with Crippen LogP contribution in [0.3, 0.4) is 0 Å². The fourth-order valence-corrected chi connectivity index (χ4v) is 3.39. The van der Waals surface area contributed by atoms with E-state index in [1.807, 2.05) is 45.0 Å². The van der Waals surface area contributed by atoms with Gasteiger partial charge in [-0.25, -0.2) is 4.79 Å². The van der Waals surface area contributed by atoms with Crippen LogP contribution in [0.25, 0.3) is 0 Å². The largest absolute Gasteiger partial charge is 0.465 e. The van der Waals surface area contributed by atoms with Crippen molar-refractivity contribution in [3.63, 3.8) is 0 Å². The number of nitrogens with zero attached hydrogens (tertiary/aromatic N) is 1. The summed E-state index contributed by atoms with van der Waals surface area (Å²) in [5, 5.41) is 9.63. The second-order valence-electron chi connectivity index (χ2n) is 6.67. The normalized spacial score (nSPS) is 25.3. The number of carboxylic acid groups (broad SMARTS) is 1. The maximum absolute atomic E-state index is 11.7. The van der Waals surface area contributed by atoms with E-state index < -0.39 is 11.6 Å². The van der Waals surface area contributed by atoms with E-state index in [1.165, 1.54) is 5.56 Å². The Morgan fingerprint density at radius 1 is 1.40 bits per heavy atom. The minimum atomic E-state index is -0.836. The average molecular weight is 276 g/mol. The van der Waals surface area contributed by atoms with Crippen LogP contribution in [0.5, 0.6) is 0 Å². The van der Waals surface area contributed by atoms with Crippen molar-refractivity contribution in [2.75, 3.05) is 5.73 Å². The van der Waals surface area contributed by atoms with Crippen LogP contribution < -0.4 is 5.73 Å². The Hall–Kier alpha value is -1.71. The molecule has 4 heteroatoms. The summed E-state index contributed by atoms with van der Waals surface area (Å²) in [5.74, 6) is 0.267. The Morgan fingerprint density at radius 2 is 1.95 bits per heavy atom. The van der Waals surface area contributed by atoms with Crippen LogP contribution in [0.2, 0.25) is 0 Å². The second-order valence-corrected chi connectivity index (χ2v) is 6.67. The lowest BCUT2D eigenvalue weighted by molar-refractivity contribution is 0.0566. The topological polar surface area (TPSA) is 66.6 Å². The number of benzene rings is 1. The lowest BCUT2D eigenvalue weighted by Crippen LogP contribution is -2.53. The van der Waals surface area contributed by atoms with E-state index in [9.17, 15) is 9.90 Å². The number of amides is 1. The first-order chi connectivity index (χ1) is 9.22. The Kier molecular flexibility index (Phi) is 3.44. The molecule has 3 N–H and O–H groups in total. The summed E-state index contributed by atoms with van der Waals surface area (Å²) in [7, 11) is 0. The van der Waals surface area contributed by atoms with Gasteiger partial charge in [0.2, 0.25) is 0 Å². The molecule has 0 aliphatic heterocycles. The molecule has 2 atom stereocenters. The highest BCUT2D eigenvalue weighted by atomic mass is 16.4. The van der Waals surface area contributed by atoms with Crippen molar-refractivity contribution < 1.29 is 9.90 Å². The van der Waals surface area contributed by atoms with Crippen LogP contribution in [0.1, 0.15) is 52.0 Å². The van der Waals surface area contributed by atoms with Crippen molar-refractivity contribution >= 4 is 11.8 Å². The van der Waals surface area contributed by atoms with Gasteiger partial charge in [0.1, 0.15) is 0 Å². The lowest BCUT2D eigenvalue weighted by Gasteiger charge is -2.41. The molecule has 110 valence electrons. The molecule has 2 rings (SSSR count). The van der Waals surface area contributed by atoms with Crippen molar-refractivity contribution in [1.29, 1.82) is 0 Å². The zero-order valence-corrected chi connectivity index (χ0v) is 12.7.